The van der Waals surface area contributed by atoms with Gasteiger partial charge in [-0.25, -0.2) is 4.79 Å². The zero-order valence-electron chi connectivity index (χ0n) is 25.9. The van der Waals surface area contributed by atoms with Gasteiger partial charge in [-0.15, -0.1) is 0 Å². The fourth-order valence-corrected chi connectivity index (χ4v) is 6.25. The molecule has 0 amide bonds. The number of aromatic hydroxyl groups is 1. The van der Waals surface area contributed by atoms with Crippen LogP contribution in [0.3, 0.4) is 0 Å². The summed E-state index contributed by atoms with van der Waals surface area (Å²) in [6.07, 6.45) is 12.3. The van der Waals surface area contributed by atoms with E-state index in [1.54, 1.807) is 36.4 Å². The smallest absolute Gasteiger partial charge is 0.335 e. The molecule has 0 aromatic heterocycles. The van der Waals surface area contributed by atoms with Crippen molar-refractivity contribution in [1.29, 1.82) is 0 Å². The Morgan fingerprint density at radius 1 is 0.854 bits per heavy atom. The zero-order valence-corrected chi connectivity index (χ0v) is 25.9. The second-order valence-electron chi connectivity index (χ2n) is 12.9. The van der Waals surface area contributed by atoms with E-state index in [4.69, 9.17) is 10.8 Å². The predicted molar refractivity (Wildman–Crippen MR) is 174 cm³/mol. The van der Waals surface area contributed by atoms with E-state index >= 15 is 0 Å². The third-order valence-electron chi connectivity index (χ3n) is 8.24. The van der Waals surface area contributed by atoms with Crippen molar-refractivity contribution >= 4 is 23.3 Å². The van der Waals surface area contributed by atoms with Crippen LogP contribution in [0.1, 0.15) is 125 Å². The molecule has 4 nitrogen and oxygen atoms in total. The number of carboxylic acids is 1. The van der Waals surface area contributed by atoms with Crippen LogP contribution < -0.4 is 5.73 Å². The Morgan fingerprint density at radius 2 is 1.41 bits per heavy atom. The quantitative estimate of drug-likeness (QED) is 0.101. The topological polar surface area (TPSA) is 83.5 Å². The molecular formula is C37H49NO3. The molecular weight excluding hydrogens is 506 g/mol. The Bertz CT molecular complexity index is 1310. The van der Waals surface area contributed by atoms with E-state index in [2.05, 4.69) is 59.8 Å². The van der Waals surface area contributed by atoms with Gasteiger partial charge in [0.15, 0.2) is 0 Å². The molecule has 0 unspecified atom stereocenters. The number of aryl methyl sites for hydroxylation is 1. The Balaban J connectivity index is 0.000000496. The summed E-state index contributed by atoms with van der Waals surface area (Å²) >= 11 is 0. The summed E-state index contributed by atoms with van der Waals surface area (Å²) in [5.74, 6) is -0.633. The number of fused-ring (bicyclic) bond motifs is 1. The number of hydrogen-bond acceptors (Lipinski definition) is 3. The maximum absolute atomic E-state index is 11.2. The molecule has 0 radical (unpaired) electrons. The SMILES string of the molecule is CCCCCCCCc1cc2c(cc1/C(C)=C/c1ccc(C(=O)O)cc1)C(C)(C)CC2(C)C.Nc1ccc(O)cc1. The van der Waals surface area contributed by atoms with Crippen LogP contribution in [-0.2, 0) is 17.3 Å². The largest absolute Gasteiger partial charge is 0.508 e. The number of hydrogen-bond donors (Lipinski definition) is 3. The van der Waals surface area contributed by atoms with Crippen LogP contribution in [0, 0.1) is 0 Å². The van der Waals surface area contributed by atoms with Crippen molar-refractivity contribution in [1.82, 2.24) is 0 Å². The highest BCUT2D eigenvalue weighted by Crippen LogP contribution is 2.50. The van der Waals surface area contributed by atoms with Gasteiger partial charge in [0.05, 0.1) is 5.56 Å². The van der Waals surface area contributed by atoms with Crippen molar-refractivity contribution in [2.45, 2.75) is 104 Å². The number of rotatable bonds is 10. The van der Waals surface area contributed by atoms with Crippen LogP contribution in [0.25, 0.3) is 11.6 Å². The number of phenols is 1. The summed E-state index contributed by atoms with van der Waals surface area (Å²) in [5, 5.41) is 17.9. The average Bonchev–Trinajstić information content (AvgIpc) is 3.10. The summed E-state index contributed by atoms with van der Waals surface area (Å²) in [6, 6.07) is 18.6. The van der Waals surface area contributed by atoms with E-state index in [0.29, 0.717) is 11.3 Å². The summed E-state index contributed by atoms with van der Waals surface area (Å²) in [4.78, 5) is 11.2. The lowest BCUT2D eigenvalue weighted by molar-refractivity contribution is 0.0697. The number of nitrogens with two attached hydrogens (primary N) is 1. The number of nitrogen functional groups attached to an aromatic ring is 1. The molecule has 0 saturated carbocycles. The molecule has 0 bridgehead atoms. The first-order valence-corrected chi connectivity index (χ1v) is 15.1. The summed E-state index contributed by atoms with van der Waals surface area (Å²) in [7, 11) is 0. The minimum atomic E-state index is -0.882. The number of benzene rings is 3. The highest BCUT2D eigenvalue weighted by molar-refractivity contribution is 5.88. The van der Waals surface area contributed by atoms with E-state index in [1.165, 1.54) is 72.8 Å². The standard InChI is InChI=1S/C31H42O2.C6H7NO/c1-7-8-9-10-11-12-13-25-19-27-28(31(5,6)21-30(27,3)4)20-26(25)22(2)18-23-14-16-24(17-15-23)29(32)33;7-5-1-3-6(8)4-2-5/h14-20H,7-13,21H2,1-6H3,(H,32,33);1-4,8H,7H2/b22-18+;. The number of allylic oxidation sites excluding steroid dienone is 1. The third-order valence-corrected chi connectivity index (χ3v) is 8.24. The summed E-state index contributed by atoms with van der Waals surface area (Å²) in [6.45, 7) is 14.0. The Labute approximate surface area is 247 Å². The maximum atomic E-state index is 11.2. The first kappa shape index (κ1) is 32.0. The zero-order chi connectivity index (χ0) is 30.2. The number of carboxylic acid groups (broad SMARTS) is 1. The second-order valence-corrected chi connectivity index (χ2v) is 12.9. The molecule has 0 aliphatic heterocycles. The van der Waals surface area contributed by atoms with Gasteiger partial charge >= 0.3 is 5.97 Å². The molecule has 1 aliphatic carbocycles. The summed E-state index contributed by atoms with van der Waals surface area (Å²) in [5.41, 5.74) is 14.8. The van der Waals surface area contributed by atoms with Crippen LogP contribution in [0.4, 0.5) is 5.69 Å². The number of phenolic OH excluding ortho intramolecular Hbond substituents is 1. The number of unbranched alkanes of at least 4 members (excludes halogenated alkanes) is 5. The Kier molecular flexibility index (Phi) is 10.8. The molecule has 3 aromatic carbocycles. The van der Waals surface area contributed by atoms with Crippen molar-refractivity contribution in [2.75, 3.05) is 5.73 Å². The second kappa shape index (κ2) is 13.9. The van der Waals surface area contributed by atoms with Gasteiger partial charge in [0.1, 0.15) is 5.75 Å². The highest BCUT2D eigenvalue weighted by Gasteiger charge is 2.42. The normalized spacial score (nSPS) is 15.1. The van der Waals surface area contributed by atoms with Gasteiger partial charge in [-0.05, 0) is 107 Å². The molecule has 0 atom stereocenters. The first-order chi connectivity index (χ1) is 19.3. The fourth-order valence-electron chi connectivity index (χ4n) is 6.25. The summed E-state index contributed by atoms with van der Waals surface area (Å²) < 4.78 is 0. The molecule has 3 aromatic rings. The van der Waals surface area contributed by atoms with Crippen molar-refractivity contribution in [3.63, 3.8) is 0 Å². The van der Waals surface area contributed by atoms with Crippen molar-refractivity contribution < 1.29 is 15.0 Å². The first-order valence-electron chi connectivity index (χ1n) is 15.1. The van der Waals surface area contributed by atoms with E-state index in [9.17, 15) is 9.90 Å². The van der Waals surface area contributed by atoms with Crippen LogP contribution >= 0.6 is 0 Å². The lowest BCUT2D eigenvalue weighted by Crippen LogP contribution is -2.18. The monoisotopic (exact) mass is 555 g/mol. The molecule has 0 heterocycles. The van der Waals surface area contributed by atoms with E-state index in [1.807, 2.05) is 12.1 Å². The van der Waals surface area contributed by atoms with Crippen LogP contribution in [0.2, 0.25) is 0 Å². The van der Waals surface area contributed by atoms with Crippen molar-refractivity contribution in [3.8, 4) is 5.75 Å². The minimum Gasteiger partial charge on any atom is -0.508 e. The van der Waals surface area contributed by atoms with E-state index in [-0.39, 0.29) is 16.6 Å². The molecule has 4 rings (SSSR count). The van der Waals surface area contributed by atoms with Gasteiger partial charge in [-0.2, -0.15) is 0 Å². The third kappa shape index (κ3) is 8.73. The molecule has 220 valence electrons. The Hall–Kier alpha value is -3.53. The predicted octanol–water partition coefficient (Wildman–Crippen LogP) is 9.78. The van der Waals surface area contributed by atoms with E-state index in [0.717, 1.165) is 12.0 Å². The van der Waals surface area contributed by atoms with Gasteiger partial charge in [-0.3, -0.25) is 0 Å². The molecule has 0 fully saturated rings. The van der Waals surface area contributed by atoms with Gasteiger partial charge in [0.2, 0.25) is 0 Å². The van der Waals surface area contributed by atoms with Crippen LogP contribution in [0.15, 0.2) is 60.7 Å². The average molecular weight is 556 g/mol. The molecule has 1 aliphatic rings. The van der Waals surface area contributed by atoms with E-state index < -0.39 is 5.97 Å². The lowest BCUT2D eigenvalue weighted by Gasteiger charge is -2.22. The lowest BCUT2D eigenvalue weighted by atomic mass is 9.82. The highest BCUT2D eigenvalue weighted by atomic mass is 16.4. The Morgan fingerprint density at radius 3 is 1.98 bits per heavy atom. The maximum Gasteiger partial charge on any atom is 0.335 e. The molecule has 41 heavy (non-hydrogen) atoms. The molecule has 0 spiro atoms. The van der Waals surface area contributed by atoms with Crippen molar-refractivity contribution in [3.05, 3.63) is 94.0 Å². The molecule has 0 saturated heterocycles. The minimum absolute atomic E-state index is 0.176. The number of anilines is 1. The fraction of sp³-hybridized carbons (Fsp3) is 0.432. The van der Waals surface area contributed by atoms with Crippen molar-refractivity contribution in [2.24, 2.45) is 0 Å². The van der Waals surface area contributed by atoms with Gasteiger partial charge in [-0.1, -0.05) is 97.1 Å². The number of carbonyl (C=O) groups is 1. The van der Waals surface area contributed by atoms with Gasteiger partial charge < -0.3 is 15.9 Å². The van der Waals surface area contributed by atoms with Gasteiger partial charge in [0.25, 0.3) is 0 Å². The van der Waals surface area contributed by atoms with Crippen LogP contribution in [0.5, 0.6) is 5.75 Å². The van der Waals surface area contributed by atoms with Gasteiger partial charge in [0, 0.05) is 5.69 Å². The number of aromatic carboxylic acids is 1. The molecule has 4 N–H and O–H groups in total. The van der Waals surface area contributed by atoms with Crippen LogP contribution in [-0.4, -0.2) is 16.2 Å². The molecule has 4 heteroatoms.